The fourth-order valence-corrected chi connectivity index (χ4v) is 13.9. The van der Waals surface area contributed by atoms with Gasteiger partial charge in [0.2, 0.25) is 29.1 Å². The van der Waals surface area contributed by atoms with Gasteiger partial charge in [-0.15, -0.1) is 24.0 Å². The van der Waals surface area contributed by atoms with Crippen LogP contribution in [0.4, 0.5) is 61.5 Å². The number of nitrogens with zero attached hydrogens (tertiary/aromatic N) is 3. The van der Waals surface area contributed by atoms with Crippen LogP contribution in [0.2, 0.25) is 0 Å². The van der Waals surface area contributed by atoms with Gasteiger partial charge in [0.15, 0.2) is 98.8 Å². The average Bonchev–Trinajstić information content (AvgIpc) is 0.795. The van der Waals surface area contributed by atoms with Crippen molar-refractivity contribution in [1.29, 1.82) is 0 Å². The van der Waals surface area contributed by atoms with Gasteiger partial charge in [0.05, 0.1) is 11.5 Å². The average molecular weight is 1810 g/mol. The lowest BCUT2D eigenvalue weighted by Gasteiger charge is -2.29. The monoisotopic (exact) mass is 1810 g/mol. The number of piperidine rings is 4. The highest BCUT2D eigenvalue weighted by molar-refractivity contribution is 8.13. The molecule has 0 unspecified atom stereocenters. The maximum atomic E-state index is 13.6. The second kappa shape index (κ2) is 51.4. The van der Waals surface area contributed by atoms with Crippen molar-refractivity contribution in [3.8, 4) is 0 Å². The standard InChI is InChI=1S/C23H22F4N2O3S.C21H15F4NO3S.C19H13F4NO.C7H4F2O.C5H9NO.C4H11N.C2H4Cl2O2S.2CH4.ClH/c1-28(2)7-8-33(31,32)29-13-17(9-15-3-5-19(24)21(26)11-15)23(30)18(14-29)10-16-4-6-20(25)22(27)12-16;1-2-30(28,29)26-11-15(7-13-3-5-17(22)19(24)9-13)21(27)16(12-26)8-14-4-6-18(23)20(25)10-14;20-15-3-1-11(7-17(15)22)5-13-9-24-10-14(19(13)25)6-12-2-4-16(21)18(23)8-12;8-6-2-1-5(4-10)3-7(6)9;7-5-1-3-6-4-2-5;1-3-5-4-2;3-1-2-7(4,5)6;;;/h3-6,9-12H,7-8,13-14H2,1-2H3;2-10H,1,11-12H2;1-8,24H,9-10H2;1-4H;6H,1-4H2;5H,3-4H2,1-2H3;1-2H2;2*1H4;1H/b17-9+,18-10+;15-7+,16-8+;13-5+,14-6+;;;;;;;. The first-order valence-electron chi connectivity index (χ1n) is 35.0. The summed E-state index contributed by atoms with van der Waals surface area (Å²) in [5.41, 5.74) is 2.31. The number of aldehydes is 1. The summed E-state index contributed by atoms with van der Waals surface area (Å²) >= 11 is 5.02. The summed E-state index contributed by atoms with van der Waals surface area (Å²) < 4.78 is 256. The molecular weight excluding hydrogens is 1730 g/mol. The lowest BCUT2D eigenvalue weighted by atomic mass is 9.95. The quantitative estimate of drug-likeness (QED) is 0.0253. The summed E-state index contributed by atoms with van der Waals surface area (Å²) in [5.74, 6) is -15.8. The van der Waals surface area contributed by atoms with Crippen molar-refractivity contribution < 1.29 is 111 Å². The van der Waals surface area contributed by atoms with Crippen molar-refractivity contribution in [1.82, 2.24) is 29.5 Å². The van der Waals surface area contributed by atoms with Crippen LogP contribution in [-0.2, 0) is 48.3 Å². The number of nitrogens with one attached hydrogen (secondary N) is 3. The molecule has 7 aromatic rings. The van der Waals surface area contributed by atoms with E-state index in [2.05, 4.69) is 36.4 Å². The van der Waals surface area contributed by atoms with E-state index in [1.807, 2.05) is 0 Å². The van der Waals surface area contributed by atoms with E-state index in [-0.39, 0.29) is 146 Å². The zero-order chi connectivity index (χ0) is 87.1. The minimum atomic E-state index is -3.93. The molecule has 0 spiro atoms. The molecule has 0 aromatic heterocycles. The summed E-state index contributed by atoms with van der Waals surface area (Å²) in [6.07, 6.45) is 9.94. The van der Waals surface area contributed by atoms with Crippen LogP contribution in [0.3, 0.4) is 0 Å². The number of hydrogen-bond acceptors (Lipinski definition) is 15. The molecule has 3 N–H and O–H groups in total. The van der Waals surface area contributed by atoms with Gasteiger partial charge in [-0.05, 0) is 188 Å². The molecule has 4 saturated heterocycles. The van der Waals surface area contributed by atoms with Crippen molar-refractivity contribution in [2.24, 2.45) is 0 Å². The van der Waals surface area contributed by atoms with E-state index in [1.54, 1.807) is 19.0 Å². The first kappa shape index (κ1) is 107. The Labute approximate surface area is 703 Å². The Kier molecular flexibility index (Phi) is 45.6. The van der Waals surface area contributed by atoms with Crippen LogP contribution in [0.1, 0.15) is 85.3 Å². The molecule has 4 aliphatic rings. The van der Waals surface area contributed by atoms with E-state index >= 15 is 0 Å². The van der Waals surface area contributed by atoms with Crippen molar-refractivity contribution in [2.45, 2.75) is 41.5 Å². The van der Waals surface area contributed by atoms with Crippen LogP contribution in [0.5, 0.6) is 0 Å². The van der Waals surface area contributed by atoms with Crippen LogP contribution >= 0.6 is 34.7 Å². The zero-order valence-electron chi connectivity index (χ0n) is 63.3. The molecule has 120 heavy (non-hydrogen) atoms. The van der Waals surface area contributed by atoms with E-state index in [9.17, 15) is 111 Å². The Hall–Kier alpha value is -9.43. The van der Waals surface area contributed by atoms with Gasteiger partial charge in [0.25, 0.3) is 0 Å². The van der Waals surface area contributed by atoms with Crippen LogP contribution < -0.4 is 16.0 Å². The number of hydrogen-bond donors (Lipinski definition) is 3. The van der Waals surface area contributed by atoms with Crippen LogP contribution in [0.25, 0.3) is 36.5 Å². The van der Waals surface area contributed by atoms with Crippen LogP contribution in [0.15, 0.2) is 173 Å². The normalized spacial score (nSPS) is 16.4. The molecule has 17 nitrogen and oxygen atoms in total. The summed E-state index contributed by atoms with van der Waals surface area (Å²) in [6.45, 7) is 11.0. The molecule has 7 aromatic carbocycles. The van der Waals surface area contributed by atoms with Crippen LogP contribution in [0, 0.1) is 81.4 Å². The van der Waals surface area contributed by atoms with E-state index in [0.717, 1.165) is 133 Å². The molecule has 37 heteroatoms. The second-order valence-corrected chi connectivity index (χ2v) is 32.7. The number of alkyl halides is 1. The highest BCUT2D eigenvalue weighted by Gasteiger charge is 2.35. The largest absolute Gasteiger partial charge is 0.317 e. The highest BCUT2D eigenvalue weighted by atomic mass is 35.7. The number of sulfonamides is 2. The van der Waals surface area contributed by atoms with Gasteiger partial charge in [-0.25, -0.2) is 86.7 Å². The first-order valence-corrected chi connectivity index (χ1v) is 41.1. The molecule has 0 atom stereocenters. The number of carbonyl (C=O) groups excluding carboxylic acids is 5. The summed E-state index contributed by atoms with van der Waals surface area (Å²) in [4.78, 5) is 60.6. The minimum Gasteiger partial charge on any atom is -0.317 e. The molecule has 4 aliphatic heterocycles. The van der Waals surface area contributed by atoms with Gasteiger partial charge in [-0.3, -0.25) is 24.0 Å². The molecule has 0 amide bonds. The number of carbonyl (C=O) groups is 5. The maximum Gasteiger partial charge on any atom is 0.236 e. The fourth-order valence-electron chi connectivity index (χ4n) is 10.3. The minimum absolute atomic E-state index is 0. The van der Waals surface area contributed by atoms with E-state index in [1.165, 1.54) is 78.9 Å². The lowest BCUT2D eigenvalue weighted by Crippen LogP contribution is -2.43. The fraction of sp³-hybridized carbons (Fsp3) is 0.265. The maximum absolute atomic E-state index is 13.6. The number of Topliss-reactive ketones (excluding diaryl/α,β-unsaturated/α-hetero) is 4. The Balaban J connectivity index is 0.000000517. The van der Waals surface area contributed by atoms with E-state index in [0.29, 0.717) is 39.8 Å². The Morgan fingerprint density at radius 3 is 0.908 bits per heavy atom. The molecule has 652 valence electrons. The first-order chi connectivity index (χ1) is 55.1. The molecular formula is C83H87Cl3F14N6O11S3. The van der Waals surface area contributed by atoms with Gasteiger partial charge >= 0.3 is 0 Å². The molecule has 0 saturated carbocycles. The summed E-state index contributed by atoms with van der Waals surface area (Å²) in [6, 6.07) is 21.8. The molecule has 0 radical (unpaired) electrons. The molecule has 4 fully saturated rings. The zero-order valence-corrected chi connectivity index (χ0v) is 68.1. The number of benzene rings is 7. The van der Waals surface area contributed by atoms with Crippen molar-refractivity contribution in [3.63, 3.8) is 0 Å². The van der Waals surface area contributed by atoms with E-state index < -0.39 is 122 Å². The summed E-state index contributed by atoms with van der Waals surface area (Å²) in [7, 11) is -2.89. The van der Waals surface area contributed by atoms with Crippen LogP contribution in [-0.4, -0.2) is 172 Å². The van der Waals surface area contributed by atoms with Gasteiger partial charge in [0.1, 0.15) is 12.1 Å². The molecule has 0 bridgehead atoms. The van der Waals surface area contributed by atoms with Gasteiger partial charge < -0.3 is 20.9 Å². The number of halogens is 17. The second-order valence-electron chi connectivity index (χ2n) is 25.5. The third-order valence-electron chi connectivity index (χ3n) is 16.3. The molecule has 0 aliphatic carbocycles. The highest BCUT2D eigenvalue weighted by Crippen LogP contribution is 2.29. The Bertz CT molecular complexity index is 5100. The predicted molar refractivity (Wildman–Crippen MR) is 443 cm³/mol. The Morgan fingerprint density at radius 2 is 0.692 bits per heavy atom. The lowest BCUT2D eigenvalue weighted by molar-refractivity contribution is -0.120. The molecule has 4 heterocycles. The van der Waals surface area contributed by atoms with Crippen molar-refractivity contribution in [2.75, 3.05) is 103 Å². The van der Waals surface area contributed by atoms with E-state index in [4.69, 9.17) is 22.3 Å². The smallest absolute Gasteiger partial charge is 0.236 e. The topological polar surface area (TPSA) is 234 Å². The van der Waals surface area contributed by atoms with Gasteiger partial charge in [-0.2, -0.15) is 8.61 Å². The Morgan fingerprint density at radius 1 is 0.425 bits per heavy atom. The van der Waals surface area contributed by atoms with Gasteiger partial charge in [0, 0.05) is 133 Å². The number of rotatable bonds is 17. The summed E-state index contributed by atoms with van der Waals surface area (Å²) in [5, 5.41) is 9.94. The molecule has 11 rings (SSSR count). The van der Waals surface area contributed by atoms with Crippen molar-refractivity contribution >= 4 is 130 Å². The third-order valence-corrected chi connectivity index (χ3v) is 21.0. The third kappa shape index (κ3) is 35.3. The van der Waals surface area contributed by atoms with Gasteiger partial charge in [-0.1, -0.05) is 71.7 Å². The van der Waals surface area contributed by atoms with Crippen molar-refractivity contribution in [3.05, 3.63) is 293 Å². The SMILES string of the molecule is C.C.C=CS(=O)(=O)N1C/C(=C\c2ccc(F)c(F)c2)C(=O)/C(=C/c2ccc(F)c(F)c2)C1.CCNCC.CN(C)CCS(=O)(=O)N1C/C(=C\c2ccc(F)c(F)c2)C(=O)/C(=C/c2ccc(F)c(F)c2)C1.Cl.O=C1/C(=C/c2ccc(F)c(F)c2)CNC/C1=C\c1ccc(F)c(F)c1.O=C1CCNCC1.O=Cc1ccc(F)c(F)c1.O=S(=O)(Cl)CCCl. The number of ketones is 4. The predicted octanol–water partition coefficient (Wildman–Crippen LogP) is 16.3.